The van der Waals surface area contributed by atoms with Gasteiger partial charge in [0.25, 0.3) is 5.91 Å². The molecule has 2 fully saturated rings. The maximum atomic E-state index is 12.9. The molecule has 1 atom stereocenters. The summed E-state index contributed by atoms with van der Waals surface area (Å²) in [6.07, 6.45) is 4.13. The standard InChI is InChI=1S/C22H25N3O2/c1-16-8-9-18(15-23-16)20(26)25-12-10-22(11-13-25)14-19(21(27)24(22)2)17-6-4-3-5-7-17/h3-9,15,19H,10-14H2,1-2H3. The predicted octanol–water partition coefficient (Wildman–Crippen LogP) is 3.01. The lowest BCUT2D eigenvalue weighted by molar-refractivity contribution is -0.131. The first kappa shape index (κ1) is 17.7. The third-order valence-corrected chi connectivity index (χ3v) is 6.27. The van der Waals surface area contributed by atoms with E-state index in [1.54, 1.807) is 6.20 Å². The Kier molecular flexibility index (Phi) is 4.46. The molecule has 2 saturated heterocycles. The molecule has 0 bridgehead atoms. The molecule has 0 N–H and O–H groups in total. The summed E-state index contributed by atoms with van der Waals surface area (Å²) in [4.78, 5) is 33.7. The van der Waals surface area contributed by atoms with E-state index in [9.17, 15) is 9.59 Å². The maximum Gasteiger partial charge on any atom is 0.255 e. The minimum atomic E-state index is -0.139. The van der Waals surface area contributed by atoms with Crippen LogP contribution in [0.2, 0.25) is 0 Å². The van der Waals surface area contributed by atoms with Gasteiger partial charge in [0.15, 0.2) is 0 Å². The fraction of sp³-hybridized carbons (Fsp3) is 0.409. The van der Waals surface area contributed by atoms with Crippen LogP contribution >= 0.6 is 0 Å². The number of carbonyl (C=O) groups excluding carboxylic acids is 2. The lowest BCUT2D eigenvalue weighted by Crippen LogP contribution is -2.52. The number of rotatable bonds is 2. The first-order valence-electron chi connectivity index (χ1n) is 9.55. The molecule has 1 unspecified atom stereocenters. The van der Waals surface area contributed by atoms with Gasteiger partial charge in [-0.25, -0.2) is 0 Å². The second-order valence-corrected chi connectivity index (χ2v) is 7.77. The van der Waals surface area contributed by atoms with Crippen molar-refractivity contribution < 1.29 is 9.59 Å². The van der Waals surface area contributed by atoms with Crippen LogP contribution in [0.5, 0.6) is 0 Å². The average Bonchev–Trinajstić information content (AvgIpc) is 2.95. The highest BCUT2D eigenvalue weighted by atomic mass is 16.2. The summed E-state index contributed by atoms with van der Waals surface area (Å²) in [6.45, 7) is 3.26. The molecule has 5 nitrogen and oxygen atoms in total. The number of benzene rings is 1. The summed E-state index contributed by atoms with van der Waals surface area (Å²) in [7, 11) is 1.92. The summed E-state index contributed by atoms with van der Waals surface area (Å²) in [5.41, 5.74) is 2.49. The summed E-state index contributed by atoms with van der Waals surface area (Å²) < 4.78 is 0. The normalized spacial score (nSPS) is 21.7. The van der Waals surface area contributed by atoms with Crippen molar-refractivity contribution in [1.82, 2.24) is 14.8 Å². The average molecular weight is 363 g/mol. The number of pyridine rings is 1. The minimum absolute atomic E-state index is 0.0314. The van der Waals surface area contributed by atoms with E-state index in [2.05, 4.69) is 4.98 Å². The van der Waals surface area contributed by atoms with Crippen molar-refractivity contribution in [3.05, 3.63) is 65.5 Å². The van der Waals surface area contributed by atoms with Crippen LogP contribution in [0.3, 0.4) is 0 Å². The van der Waals surface area contributed by atoms with Gasteiger partial charge in [0.05, 0.1) is 11.5 Å². The summed E-state index contributed by atoms with van der Waals surface area (Å²) in [6, 6.07) is 13.7. The SMILES string of the molecule is Cc1ccc(C(=O)N2CCC3(CC2)CC(c2ccccc2)C(=O)N3C)cn1. The fourth-order valence-electron chi connectivity index (χ4n) is 4.46. The smallest absolute Gasteiger partial charge is 0.255 e. The van der Waals surface area contributed by atoms with Gasteiger partial charge >= 0.3 is 0 Å². The van der Waals surface area contributed by atoms with Crippen LogP contribution in [0.4, 0.5) is 0 Å². The molecule has 2 aliphatic rings. The Morgan fingerprint density at radius 2 is 1.81 bits per heavy atom. The van der Waals surface area contributed by atoms with Crippen molar-refractivity contribution in [1.29, 1.82) is 0 Å². The highest BCUT2D eigenvalue weighted by molar-refractivity contribution is 5.94. The lowest BCUT2D eigenvalue weighted by atomic mass is 9.81. The summed E-state index contributed by atoms with van der Waals surface area (Å²) >= 11 is 0. The molecule has 3 heterocycles. The molecule has 1 spiro atoms. The molecule has 2 amide bonds. The molecule has 27 heavy (non-hydrogen) atoms. The van der Waals surface area contributed by atoms with E-state index in [0.29, 0.717) is 18.7 Å². The van der Waals surface area contributed by atoms with E-state index in [0.717, 1.165) is 30.5 Å². The van der Waals surface area contributed by atoms with Gasteiger partial charge in [-0.3, -0.25) is 14.6 Å². The molecule has 1 aromatic carbocycles. The Bertz CT molecular complexity index is 840. The molecule has 2 aromatic rings. The number of hydrogen-bond donors (Lipinski definition) is 0. The van der Waals surface area contributed by atoms with E-state index < -0.39 is 0 Å². The Hall–Kier alpha value is -2.69. The second kappa shape index (κ2) is 6.80. The molecular weight excluding hydrogens is 338 g/mol. The Labute approximate surface area is 160 Å². The van der Waals surface area contributed by atoms with Gasteiger partial charge in [-0.2, -0.15) is 0 Å². The number of piperidine rings is 1. The molecule has 140 valence electrons. The van der Waals surface area contributed by atoms with Crippen LogP contribution in [0.25, 0.3) is 0 Å². The zero-order valence-corrected chi connectivity index (χ0v) is 15.9. The first-order valence-corrected chi connectivity index (χ1v) is 9.55. The number of likely N-dealkylation sites (N-methyl/N-ethyl adjacent to an activating group) is 1. The number of nitrogens with zero attached hydrogens (tertiary/aromatic N) is 3. The van der Waals surface area contributed by atoms with Gasteiger partial charge in [0.2, 0.25) is 5.91 Å². The zero-order valence-electron chi connectivity index (χ0n) is 15.9. The number of hydrogen-bond acceptors (Lipinski definition) is 3. The molecule has 5 heteroatoms. The van der Waals surface area contributed by atoms with E-state index in [4.69, 9.17) is 0 Å². The van der Waals surface area contributed by atoms with Crippen molar-refractivity contribution >= 4 is 11.8 Å². The van der Waals surface area contributed by atoms with Crippen molar-refractivity contribution in [3.8, 4) is 0 Å². The third kappa shape index (κ3) is 3.11. The number of likely N-dealkylation sites (tertiary alicyclic amines) is 2. The van der Waals surface area contributed by atoms with Crippen LogP contribution in [-0.2, 0) is 4.79 Å². The molecule has 1 aromatic heterocycles. The number of aryl methyl sites for hydroxylation is 1. The maximum absolute atomic E-state index is 12.9. The minimum Gasteiger partial charge on any atom is -0.339 e. The quantitative estimate of drug-likeness (QED) is 0.824. The predicted molar refractivity (Wildman–Crippen MR) is 103 cm³/mol. The van der Waals surface area contributed by atoms with E-state index in [1.165, 1.54) is 0 Å². The molecular formula is C22H25N3O2. The Morgan fingerprint density at radius 1 is 1.11 bits per heavy atom. The van der Waals surface area contributed by atoms with Crippen LogP contribution in [0.1, 0.15) is 46.8 Å². The topological polar surface area (TPSA) is 53.5 Å². The van der Waals surface area contributed by atoms with Crippen LogP contribution in [0, 0.1) is 6.92 Å². The molecule has 0 aliphatic carbocycles. The van der Waals surface area contributed by atoms with Crippen molar-refractivity contribution in [2.75, 3.05) is 20.1 Å². The third-order valence-electron chi connectivity index (χ3n) is 6.27. The molecule has 4 rings (SSSR count). The van der Waals surface area contributed by atoms with Crippen molar-refractivity contribution in [2.45, 2.75) is 37.6 Å². The number of amides is 2. The number of aromatic nitrogens is 1. The first-order chi connectivity index (χ1) is 13.0. The van der Waals surface area contributed by atoms with Gasteiger partial charge in [-0.05, 0) is 43.9 Å². The van der Waals surface area contributed by atoms with Gasteiger partial charge in [-0.1, -0.05) is 30.3 Å². The summed E-state index contributed by atoms with van der Waals surface area (Å²) in [5, 5.41) is 0. The summed E-state index contributed by atoms with van der Waals surface area (Å²) in [5.74, 6) is 0.160. The van der Waals surface area contributed by atoms with Gasteiger partial charge in [-0.15, -0.1) is 0 Å². The van der Waals surface area contributed by atoms with Gasteiger partial charge in [0.1, 0.15) is 0 Å². The molecule has 2 aliphatic heterocycles. The van der Waals surface area contributed by atoms with Crippen LogP contribution < -0.4 is 0 Å². The van der Waals surface area contributed by atoms with Crippen molar-refractivity contribution in [3.63, 3.8) is 0 Å². The largest absolute Gasteiger partial charge is 0.339 e. The lowest BCUT2D eigenvalue weighted by Gasteiger charge is -2.43. The monoisotopic (exact) mass is 363 g/mol. The zero-order chi connectivity index (χ0) is 19.0. The van der Waals surface area contributed by atoms with Gasteiger partial charge in [0, 0.05) is 37.6 Å². The second-order valence-electron chi connectivity index (χ2n) is 7.77. The van der Waals surface area contributed by atoms with Crippen molar-refractivity contribution in [2.24, 2.45) is 0 Å². The van der Waals surface area contributed by atoms with E-state index in [-0.39, 0.29) is 23.3 Å². The Balaban J connectivity index is 1.47. The van der Waals surface area contributed by atoms with Gasteiger partial charge < -0.3 is 9.80 Å². The fourth-order valence-corrected chi connectivity index (χ4v) is 4.46. The Morgan fingerprint density at radius 3 is 2.44 bits per heavy atom. The van der Waals surface area contributed by atoms with Crippen LogP contribution in [0.15, 0.2) is 48.7 Å². The highest BCUT2D eigenvalue weighted by Crippen LogP contribution is 2.44. The number of carbonyl (C=O) groups is 2. The van der Waals surface area contributed by atoms with E-state index >= 15 is 0 Å². The highest BCUT2D eigenvalue weighted by Gasteiger charge is 2.50. The van der Waals surface area contributed by atoms with Crippen LogP contribution in [-0.4, -0.2) is 52.3 Å². The van der Waals surface area contributed by atoms with E-state index in [1.807, 2.05) is 66.2 Å². The molecule has 0 radical (unpaired) electrons. The molecule has 0 saturated carbocycles.